The average Bonchev–Trinajstić information content (AvgIpc) is 3.14. The van der Waals surface area contributed by atoms with Gasteiger partial charge in [-0.15, -0.1) is 11.3 Å². The topological polar surface area (TPSA) is 71.1 Å². The van der Waals surface area contributed by atoms with Crippen molar-refractivity contribution < 1.29 is 18.4 Å². The van der Waals surface area contributed by atoms with E-state index in [2.05, 4.69) is 15.6 Å². The number of nitrogens with zero attached hydrogens (tertiary/aromatic N) is 1. The molecule has 2 N–H and O–H groups in total. The van der Waals surface area contributed by atoms with E-state index in [9.17, 15) is 18.4 Å². The number of hydrogen-bond acceptors (Lipinski definition) is 4. The van der Waals surface area contributed by atoms with Gasteiger partial charge in [0.05, 0.1) is 5.69 Å². The van der Waals surface area contributed by atoms with Crippen LogP contribution < -0.4 is 10.6 Å². The first-order chi connectivity index (χ1) is 13.9. The summed E-state index contributed by atoms with van der Waals surface area (Å²) in [6, 6.07) is 11.6. The van der Waals surface area contributed by atoms with E-state index < -0.39 is 35.1 Å². The summed E-state index contributed by atoms with van der Waals surface area (Å²) < 4.78 is 27.7. The summed E-state index contributed by atoms with van der Waals surface area (Å²) in [6.07, 6.45) is 0. The van der Waals surface area contributed by atoms with Crippen molar-refractivity contribution in [2.24, 2.45) is 5.92 Å². The van der Waals surface area contributed by atoms with Crippen LogP contribution in [-0.4, -0.2) is 22.8 Å². The van der Waals surface area contributed by atoms with E-state index in [1.54, 1.807) is 13.8 Å². The molecular weight excluding hydrogens is 396 g/mol. The third-order valence-electron chi connectivity index (χ3n) is 4.23. The second-order valence-corrected chi connectivity index (χ2v) is 7.54. The van der Waals surface area contributed by atoms with Crippen LogP contribution in [0.3, 0.4) is 0 Å². The Balaban J connectivity index is 1.73. The van der Waals surface area contributed by atoms with Crippen LogP contribution in [0.4, 0.5) is 13.9 Å². The van der Waals surface area contributed by atoms with Crippen molar-refractivity contribution in [2.75, 3.05) is 5.32 Å². The van der Waals surface area contributed by atoms with E-state index in [4.69, 9.17) is 0 Å². The van der Waals surface area contributed by atoms with Crippen molar-refractivity contribution in [3.8, 4) is 11.3 Å². The van der Waals surface area contributed by atoms with Crippen LogP contribution in [-0.2, 0) is 4.79 Å². The van der Waals surface area contributed by atoms with Crippen LogP contribution in [0.5, 0.6) is 0 Å². The third kappa shape index (κ3) is 4.83. The lowest BCUT2D eigenvalue weighted by atomic mass is 10.0. The van der Waals surface area contributed by atoms with Crippen LogP contribution in [0.25, 0.3) is 11.3 Å². The Morgan fingerprint density at radius 1 is 1.00 bits per heavy atom. The van der Waals surface area contributed by atoms with E-state index in [0.717, 1.165) is 17.7 Å². The van der Waals surface area contributed by atoms with E-state index in [1.165, 1.54) is 17.4 Å². The van der Waals surface area contributed by atoms with Crippen molar-refractivity contribution >= 4 is 28.3 Å². The van der Waals surface area contributed by atoms with E-state index in [0.29, 0.717) is 10.8 Å². The number of carbonyl (C=O) groups excluding carboxylic acids is 2. The van der Waals surface area contributed by atoms with Crippen molar-refractivity contribution in [2.45, 2.75) is 19.9 Å². The van der Waals surface area contributed by atoms with Gasteiger partial charge in [-0.25, -0.2) is 13.8 Å². The molecule has 0 unspecified atom stereocenters. The first-order valence-electron chi connectivity index (χ1n) is 8.93. The molecule has 150 valence electrons. The van der Waals surface area contributed by atoms with Gasteiger partial charge in [0.25, 0.3) is 5.91 Å². The van der Waals surface area contributed by atoms with Gasteiger partial charge in [0.2, 0.25) is 5.91 Å². The predicted octanol–water partition coefficient (Wildman–Crippen LogP) is 4.48. The summed E-state index contributed by atoms with van der Waals surface area (Å²) in [4.78, 5) is 29.4. The Bertz CT molecular complexity index is 1000. The van der Waals surface area contributed by atoms with Crippen molar-refractivity contribution in [3.63, 3.8) is 0 Å². The SMILES string of the molecule is CC(C)[C@H](NC(=O)c1c(F)cccc1F)C(=O)Nc1nc(-c2ccccc2)cs1. The molecule has 0 radical (unpaired) electrons. The maximum Gasteiger partial charge on any atom is 0.257 e. The Hall–Kier alpha value is -3.13. The first-order valence-corrected chi connectivity index (χ1v) is 9.81. The fourth-order valence-corrected chi connectivity index (χ4v) is 3.44. The van der Waals surface area contributed by atoms with Gasteiger partial charge in [0.15, 0.2) is 5.13 Å². The first kappa shape index (κ1) is 20.6. The lowest BCUT2D eigenvalue weighted by Crippen LogP contribution is -2.47. The maximum atomic E-state index is 13.9. The van der Waals surface area contributed by atoms with Crippen molar-refractivity contribution in [3.05, 3.63) is 71.1 Å². The van der Waals surface area contributed by atoms with Gasteiger partial charge < -0.3 is 10.6 Å². The monoisotopic (exact) mass is 415 g/mol. The molecule has 0 aliphatic rings. The van der Waals surface area contributed by atoms with Gasteiger partial charge >= 0.3 is 0 Å². The van der Waals surface area contributed by atoms with Crippen LogP contribution >= 0.6 is 11.3 Å². The molecule has 0 saturated carbocycles. The molecule has 1 aromatic heterocycles. The fraction of sp³-hybridized carbons (Fsp3) is 0.190. The molecule has 0 saturated heterocycles. The van der Waals surface area contributed by atoms with E-state index in [1.807, 2.05) is 35.7 Å². The molecule has 1 atom stereocenters. The lowest BCUT2D eigenvalue weighted by Gasteiger charge is -2.21. The second-order valence-electron chi connectivity index (χ2n) is 6.68. The van der Waals surface area contributed by atoms with Gasteiger partial charge in [0.1, 0.15) is 23.2 Å². The number of carbonyl (C=O) groups is 2. The molecule has 0 aliphatic carbocycles. The fourth-order valence-electron chi connectivity index (χ4n) is 2.72. The molecule has 0 bridgehead atoms. The molecule has 0 aliphatic heterocycles. The predicted molar refractivity (Wildman–Crippen MR) is 109 cm³/mol. The summed E-state index contributed by atoms with van der Waals surface area (Å²) >= 11 is 1.25. The zero-order valence-corrected chi connectivity index (χ0v) is 16.6. The smallest absolute Gasteiger partial charge is 0.257 e. The van der Waals surface area contributed by atoms with E-state index >= 15 is 0 Å². The molecule has 8 heteroatoms. The van der Waals surface area contributed by atoms with Crippen LogP contribution in [0.1, 0.15) is 24.2 Å². The molecule has 2 amide bonds. The summed E-state index contributed by atoms with van der Waals surface area (Å²) in [5, 5.41) is 7.26. The Labute approximate surface area is 170 Å². The van der Waals surface area contributed by atoms with Gasteiger partial charge in [-0.05, 0) is 18.1 Å². The molecule has 5 nitrogen and oxygen atoms in total. The molecule has 1 heterocycles. The minimum absolute atomic E-state index is 0.317. The Morgan fingerprint density at radius 2 is 1.66 bits per heavy atom. The van der Waals surface area contributed by atoms with Gasteiger partial charge in [-0.2, -0.15) is 0 Å². The number of benzene rings is 2. The van der Waals surface area contributed by atoms with Crippen LogP contribution in [0.15, 0.2) is 53.9 Å². The van der Waals surface area contributed by atoms with Crippen LogP contribution in [0.2, 0.25) is 0 Å². The molecule has 3 rings (SSSR count). The summed E-state index contributed by atoms with van der Waals surface area (Å²) in [7, 11) is 0. The zero-order chi connectivity index (χ0) is 21.0. The average molecular weight is 415 g/mol. The second kappa shape index (κ2) is 8.91. The molecule has 0 spiro atoms. The Kier molecular flexibility index (Phi) is 6.33. The highest BCUT2D eigenvalue weighted by molar-refractivity contribution is 7.14. The molecular formula is C21H19F2N3O2S. The quantitative estimate of drug-likeness (QED) is 0.624. The number of thiazole rings is 1. The molecule has 0 fully saturated rings. The highest BCUT2D eigenvalue weighted by atomic mass is 32.1. The number of anilines is 1. The third-order valence-corrected chi connectivity index (χ3v) is 4.99. The highest BCUT2D eigenvalue weighted by Gasteiger charge is 2.27. The Morgan fingerprint density at radius 3 is 2.28 bits per heavy atom. The van der Waals surface area contributed by atoms with Crippen molar-refractivity contribution in [1.82, 2.24) is 10.3 Å². The lowest BCUT2D eigenvalue weighted by molar-refractivity contribution is -0.118. The minimum atomic E-state index is -0.995. The number of amides is 2. The molecule has 29 heavy (non-hydrogen) atoms. The number of aromatic nitrogens is 1. The summed E-state index contributed by atoms with van der Waals surface area (Å²) in [5.74, 6) is -3.80. The van der Waals surface area contributed by atoms with E-state index in [-0.39, 0.29) is 5.92 Å². The minimum Gasteiger partial charge on any atom is -0.340 e. The molecule has 3 aromatic rings. The van der Waals surface area contributed by atoms with Crippen LogP contribution in [0, 0.1) is 17.6 Å². The van der Waals surface area contributed by atoms with Crippen molar-refractivity contribution in [1.29, 1.82) is 0 Å². The van der Waals surface area contributed by atoms with Gasteiger partial charge in [-0.3, -0.25) is 9.59 Å². The summed E-state index contributed by atoms with van der Waals surface area (Å²) in [6.45, 7) is 3.44. The highest BCUT2D eigenvalue weighted by Crippen LogP contribution is 2.25. The number of halogens is 2. The summed E-state index contributed by atoms with van der Waals surface area (Å²) in [5.41, 5.74) is 0.906. The zero-order valence-electron chi connectivity index (χ0n) is 15.8. The number of rotatable bonds is 6. The standard InChI is InChI=1S/C21H19F2N3O2S/c1-12(2)18(25-19(27)17-14(22)9-6-10-15(17)23)20(28)26-21-24-16(11-29-21)13-7-4-3-5-8-13/h3-12,18H,1-2H3,(H,25,27)(H,24,26,28)/t18-/m0/s1. The largest absolute Gasteiger partial charge is 0.340 e. The normalized spacial score (nSPS) is 11.9. The number of hydrogen-bond donors (Lipinski definition) is 2. The van der Waals surface area contributed by atoms with Gasteiger partial charge in [-0.1, -0.05) is 50.2 Å². The molecule has 2 aromatic carbocycles. The van der Waals surface area contributed by atoms with Gasteiger partial charge in [0, 0.05) is 10.9 Å². The number of nitrogens with one attached hydrogen (secondary N) is 2. The maximum absolute atomic E-state index is 13.9.